The van der Waals surface area contributed by atoms with Crippen LogP contribution in [0.1, 0.15) is 21.5 Å². The number of hydrogen-bond acceptors (Lipinski definition) is 5. The highest BCUT2D eigenvalue weighted by molar-refractivity contribution is 6.31. The average molecular weight is 500 g/mol. The molecule has 3 aromatic carbocycles. The number of hydrogen-bond donors (Lipinski definition) is 2. The number of aryl methyl sites for hydroxylation is 1. The lowest BCUT2D eigenvalue weighted by atomic mass is 10.1. The Morgan fingerprint density at radius 1 is 1.03 bits per heavy atom. The Balaban J connectivity index is 2.00. The molecule has 34 heavy (non-hydrogen) atoms. The van der Waals surface area contributed by atoms with E-state index >= 15 is 0 Å². The van der Waals surface area contributed by atoms with E-state index in [0.717, 1.165) is 0 Å². The molecule has 2 amide bonds. The number of carbonyl (C=O) groups excluding carboxylic acids is 2. The molecule has 0 aliphatic rings. The summed E-state index contributed by atoms with van der Waals surface area (Å²) >= 11 is 12.0. The van der Waals surface area contributed by atoms with Gasteiger partial charge in [-0.1, -0.05) is 35.3 Å². The lowest BCUT2D eigenvalue weighted by molar-refractivity contribution is -0.384. The van der Waals surface area contributed by atoms with Crippen LogP contribution in [0.25, 0.3) is 6.08 Å². The van der Waals surface area contributed by atoms with Gasteiger partial charge >= 0.3 is 0 Å². The fourth-order valence-corrected chi connectivity index (χ4v) is 3.46. The van der Waals surface area contributed by atoms with E-state index in [0.29, 0.717) is 26.9 Å². The number of ether oxygens (including phenoxy) is 1. The number of carbonyl (C=O) groups is 2. The van der Waals surface area contributed by atoms with Crippen molar-refractivity contribution in [3.8, 4) is 5.75 Å². The number of anilines is 1. The van der Waals surface area contributed by atoms with Crippen molar-refractivity contribution in [2.45, 2.75) is 6.92 Å². The molecule has 3 aromatic rings. The maximum Gasteiger partial charge on any atom is 0.272 e. The molecule has 0 saturated carbocycles. The van der Waals surface area contributed by atoms with E-state index in [9.17, 15) is 19.7 Å². The van der Waals surface area contributed by atoms with Gasteiger partial charge in [0.1, 0.15) is 11.4 Å². The molecule has 0 bridgehead atoms. The Labute approximate surface area is 205 Å². The number of benzene rings is 3. The maximum absolute atomic E-state index is 13.1. The van der Waals surface area contributed by atoms with Gasteiger partial charge in [-0.3, -0.25) is 19.7 Å². The molecule has 0 spiro atoms. The number of methoxy groups -OCH3 is 1. The van der Waals surface area contributed by atoms with Gasteiger partial charge in [-0.15, -0.1) is 0 Å². The second-order valence-corrected chi connectivity index (χ2v) is 8.00. The van der Waals surface area contributed by atoms with Crippen molar-refractivity contribution in [3.63, 3.8) is 0 Å². The standard InChI is InChI=1S/C24H19Cl2N3O5/c1-14-10-16(25)6-8-20(14)27-24(31)21(12-15-4-3-5-18(11-15)29(32)33)28-23(30)19-13-17(26)7-9-22(19)34-2/h3-13H,1-2H3,(H,27,31)(H,28,30)/b21-12-. The Morgan fingerprint density at radius 3 is 2.41 bits per heavy atom. The lowest BCUT2D eigenvalue weighted by Gasteiger charge is -2.14. The fraction of sp³-hybridized carbons (Fsp3) is 0.0833. The van der Waals surface area contributed by atoms with E-state index < -0.39 is 16.7 Å². The van der Waals surface area contributed by atoms with Crippen LogP contribution in [0.15, 0.2) is 66.4 Å². The van der Waals surface area contributed by atoms with Gasteiger partial charge in [-0.25, -0.2) is 0 Å². The molecule has 0 aromatic heterocycles. The Bertz CT molecular complexity index is 1310. The first-order valence-electron chi connectivity index (χ1n) is 9.86. The van der Waals surface area contributed by atoms with Crippen LogP contribution in [0.3, 0.4) is 0 Å². The predicted octanol–water partition coefficient (Wildman–Crippen LogP) is 5.63. The summed E-state index contributed by atoms with van der Waals surface area (Å²) in [5.41, 5.74) is 1.32. The third-order valence-corrected chi connectivity index (χ3v) is 5.20. The zero-order chi connectivity index (χ0) is 24.8. The Hall–Kier alpha value is -3.88. The van der Waals surface area contributed by atoms with Crippen LogP contribution >= 0.6 is 23.2 Å². The third kappa shape index (κ3) is 6.12. The molecule has 0 saturated heterocycles. The summed E-state index contributed by atoms with van der Waals surface area (Å²) in [6.45, 7) is 1.76. The summed E-state index contributed by atoms with van der Waals surface area (Å²) in [7, 11) is 1.40. The van der Waals surface area contributed by atoms with E-state index in [4.69, 9.17) is 27.9 Å². The summed E-state index contributed by atoms with van der Waals surface area (Å²) < 4.78 is 5.22. The molecule has 0 aliphatic heterocycles. The quantitative estimate of drug-likeness (QED) is 0.248. The third-order valence-electron chi connectivity index (χ3n) is 4.73. The van der Waals surface area contributed by atoms with Gasteiger partial charge < -0.3 is 15.4 Å². The number of nitrogens with one attached hydrogen (secondary N) is 2. The van der Waals surface area contributed by atoms with Crippen molar-refractivity contribution in [1.29, 1.82) is 0 Å². The highest BCUT2D eigenvalue weighted by Crippen LogP contribution is 2.24. The van der Waals surface area contributed by atoms with Gasteiger partial charge in [-0.05, 0) is 60.5 Å². The van der Waals surface area contributed by atoms with Crippen LogP contribution in [-0.2, 0) is 4.79 Å². The zero-order valence-electron chi connectivity index (χ0n) is 18.1. The van der Waals surface area contributed by atoms with Crippen LogP contribution in [0.2, 0.25) is 10.0 Å². The molecule has 0 fully saturated rings. The summed E-state index contributed by atoms with van der Waals surface area (Å²) in [5.74, 6) is -1.05. The average Bonchev–Trinajstić information content (AvgIpc) is 2.80. The fourth-order valence-electron chi connectivity index (χ4n) is 3.06. The smallest absolute Gasteiger partial charge is 0.272 e. The van der Waals surface area contributed by atoms with Gasteiger partial charge in [0.15, 0.2) is 0 Å². The molecule has 2 N–H and O–H groups in total. The molecule has 3 rings (SSSR count). The van der Waals surface area contributed by atoms with Crippen LogP contribution in [0.4, 0.5) is 11.4 Å². The lowest BCUT2D eigenvalue weighted by Crippen LogP contribution is -2.31. The summed E-state index contributed by atoms with van der Waals surface area (Å²) in [6, 6.07) is 15.1. The minimum absolute atomic E-state index is 0.107. The molecule has 0 heterocycles. The predicted molar refractivity (Wildman–Crippen MR) is 131 cm³/mol. The largest absolute Gasteiger partial charge is 0.496 e. The second-order valence-electron chi connectivity index (χ2n) is 7.12. The van der Waals surface area contributed by atoms with Gasteiger partial charge in [0.25, 0.3) is 17.5 Å². The number of amides is 2. The van der Waals surface area contributed by atoms with E-state index in [2.05, 4.69) is 10.6 Å². The SMILES string of the molecule is COc1ccc(Cl)cc1C(=O)N/C(=C\c1cccc([N+](=O)[O-])c1)C(=O)Nc1ccc(Cl)cc1C. The topological polar surface area (TPSA) is 111 Å². The van der Waals surface area contributed by atoms with Gasteiger partial charge in [0.05, 0.1) is 17.6 Å². The number of nitro benzene ring substituents is 1. The van der Waals surface area contributed by atoms with E-state index in [1.54, 1.807) is 37.3 Å². The highest BCUT2D eigenvalue weighted by Gasteiger charge is 2.19. The van der Waals surface area contributed by atoms with Crippen molar-refractivity contribution in [3.05, 3.63) is 103 Å². The first-order chi connectivity index (χ1) is 16.2. The zero-order valence-corrected chi connectivity index (χ0v) is 19.6. The second kappa shape index (κ2) is 10.8. The number of non-ortho nitro benzene ring substituents is 1. The molecule has 174 valence electrons. The van der Waals surface area contributed by atoms with Crippen LogP contribution in [0, 0.1) is 17.0 Å². The summed E-state index contributed by atoms with van der Waals surface area (Å²) in [6.07, 6.45) is 1.34. The Morgan fingerprint density at radius 2 is 1.74 bits per heavy atom. The van der Waals surface area contributed by atoms with Crippen molar-refractivity contribution in [1.82, 2.24) is 5.32 Å². The van der Waals surface area contributed by atoms with E-state index in [1.165, 1.54) is 43.5 Å². The first kappa shape index (κ1) is 24.8. The van der Waals surface area contributed by atoms with Crippen molar-refractivity contribution < 1.29 is 19.2 Å². The molecule has 8 nitrogen and oxygen atoms in total. The van der Waals surface area contributed by atoms with Crippen molar-refractivity contribution in [2.75, 3.05) is 12.4 Å². The molecular formula is C24H19Cl2N3O5. The summed E-state index contributed by atoms with van der Waals surface area (Å²) in [5, 5.41) is 17.2. The minimum atomic E-state index is -0.654. The number of nitrogens with zero attached hydrogens (tertiary/aromatic N) is 1. The highest BCUT2D eigenvalue weighted by atomic mass is 35.5. The monoisotopic (exact) mass is 499 g/mol. The molecular weight excluding hydrogens is 481 g/mol. The van der Waals surface area contributed by atoms with Gasteiger partial charge in [0.2, 0.25) is 0 Å². The van der Waals surface area contributed by atoms with Gasteiger partial charge in [-0.2, -0.15) is 0 Å². The first-order valence-corrected chi connectivity index (χ1v) is 10.6. The molecule has 0 aliphatic carbocycles. The number of nitro groups is 1. The van der Waals surface area contributed by atoms with E-state index in [-0.39, 0.29) is 22.7 Å². The molecule has 0 radical (unpaired) electrons. The van der Waals surface area contributed by atoms with Crippen LogP contribution in [-0.4, -0.2) is 23.8 Å². The molecule has 0 atom stereocenters. The molecule has 10 heteroatoms. The molecule has 0 unspecified atom stereocenters. The summed E-state index contributed by atoms with van der Waals surface area (Å²) in [4.78, 5) is 36.8. The van der Waals surface area contributed by atoms with Crippen molar-refractivity contribution in [2.24, 2.45) is 0 Å². The van der Waals surface area contributed by atoms with Gasteiger partial charge in [0, 0.05) is 27.9 Å². The van der Waals surface area contributed by atoms with Crippen LogP contribution < -0.4 is 15.4 Å². The maximum atomic E-state index is 13.1. The number of rotatable bonds is 7. The van der Waals surface area contributed by atoms with E-state index in [1.807, 2.05) is 0 Å². The Kier molecular flexibility index (Phi) is 7.88. The number of halogens is 2. The van der Waals surface area contributed by atoms with Crippen LogP contribution in [0.5, 0.6) is 5.75 Å². The minimum Gasteiger partial charge on any atom is -0.496 e. The normalized spacial score (nSPS) is 11.0. The van der Waals surface area contributed by atoms with Crippen molar-refractivity contribution >= 4 is 52.5 Å².